The van der Waals surface area contributed by atoms with Gasteiger partial charge in [0.25, 0.3) is 0 Å². The Morgan fingerprint density at radius 1 is 1.04 bits per heavy atom. The van der Waals surface area contributed by atoms with Gasteiger partial charge in [0.05, 0.1) is 10.6 Å². The van der Waals surface area contributed by atoms with Gasteiger partial charge in [-0.3, -0.25) is 4.89 Å². The van der Waals surface area contributed by atoms with E-state index in [0.29, 0.717) is 11.5 Å². The Hall–Kier alpha value is -2.08. The van der Waals surface area contributed by atoms with Crippen molar-refractivity contribution in [2.24, 2.45) is 5.92 Å². The molecule has 0 aliphatic heterocycles. The largest absolute Gasteiger partial charge is 0.543 e. The summed E-state index contributed by atoms with van der Waals surface area (Å²) < 4.78 is 5.20. The Balaban J connectivity index is 1.64. The average Bonchev–Trinajstić information content (AvgIpc) is 2.67. The first kappa shape index (κ1) is 21.2. The molecule has 0 radical (unpaired) electrons. The number of rotatable bonds is 8. The molecule has 0 atom stereocenters. The highest BCUT2D eigenvalue weighted by atomic mass is 17.5. The molecule has 1 aliphatic carbocycles. The van der Waals surface area contributed by atoms with Crippen molar-refractivity contribution in [1.82, 2.24) is 0 Å². The highest BCUT2D eigenvalue weighted by molar-refractivity contribution is 5.88. The van der Waals surface area contributed by atoms with Gasteiger partial charge in [-0.25, -0.2) is 14.5 Å². The minimum atomic E-state index is -0.991. The Morgan fingerprint density at radius 2 is 1.70 bits per heavy atom. The van der Waals surface area contributed by atoms with Crippen LogP contribution in [0.3, 0.4) is 0 Å². The SMILES string of the molecule is CCCCC1CCC(OC(=O)OOOC(=O)c2ccc(C(C)C)cc2)CC1. The van der Waals surface area contributed by atoms with Crippen LogP contribution in [0.1, 0.15) is 87.6 Å². The highest BCUT2D eigenvalue weighted by Crippen LogP contribution is 2.30. The third-order valence-corrected chi connectivity index (χ3v) is 5.05. The van der Waals surface area contributed by atoms with Crippen molar-refractivity contribution >= 4 is 12.1 Å². The fraction of sp³-hybridized carbons (Fsp3) is 0.619. The number of carbonyl (C=O) groups excluding carboxylic acids is 2. The number of hydrogen-bond acceptors (Lipinski definition) is 6. The van der Waals surface area contributed by atoms with Crippen LogP contribution in [0, 0.1) is 5.92 Å². The summed E-state index contributed by atoms with van der Waals surface area (Å²) in [5.74, 6) is 0.348. The monoisotopic (exact) mass is 378 g/mol. The maximum absolute atomic E-state index is 11.8. The Morgan fingerprint density at radius 3 is 2.30 bits per heavy atom. The first-order valence-corrected chi connectivity index (χ1v) is 9.85. The molecular weight excluding hydrogens is 348 g/mol. The van der Waals surface area contributed by atoms with Crippen LogP contribution in [-0.2, 0) is 19.6 Å². The van der Waals surface area contributed by atoms with Gasteiger partial charge in [-0.05, 0) is 55.2 Å². The van der Waals surface area contributed by atoms with E-state index in [1.807, 2.05) is 12.1 Å². The van der Waals surface area contributed by atoms with Gasteiger partial charge in [0.15, 0.2) is 0 Å². The minimum Gasteiger partial charge on any atom is -0.429 e. The van der Waals surface area contributed by atoms with Crippen LogP contribution >= 0.6 is 0 Å². The van der Waals surface area contributed by atoms with E-state index >= 15 is 0 Å². The molecule has 6 heteroatoms. The van der Waals surface area contributed by atoms with Gasteiger partial charge < -0.3 is 4.74 Å². The number of hydrogen-bond donors (Lipinski definition) is 0. The lowest BCUT2D eigenvalue weighted by Gasteiger charge is -2.27. The van der Waals surface area contributed by atoms with Gasteiger partial charge in [0.1, 0.15) is 6.10 Å². The molecule has 1 aromatic rings. The van der Waals surface area contributed by atoms with E-state index in [1.54, 1.807) is 12.1 Å². The zero-order valence-electron chi connectivity index (χ0n) is 16.4. The van der Waals surface area contributed by atoms with Crippen molar-refractivity contribution in [3.63, 3.8) is 0 Å². The second-order valence-corrected chi connectivity index (χ2v) is 7.45. The van der Waals surface area contributed by atoms with Crippen molar-refractivity contribution in [3.8, 4) is 0 Å². The summed E-state index contributed by atoms with van der Waals surface area (Å²) in [7, 11) is 0. The molecule has 2 rings (SSSR count). The lowest BCUT2D eigenvalue weighted by Crippen LogP contribution is -2.25. The second kappa shape index (κ2) is 10.9. The molecule has 27 heavy (non-hydrogen) atoms. The fourth-order valence-corrected chi connectivity index (χ4v) is 3.31. The van der Waals surface area contributed by atoms with Crippen molar-refractivity contribution in [1.29, 1.82) is 0 Å². The molecule has 0 unspecified atom stereocenters. The van der Waals surface area contributed by atoms with E-state index in [9.17, 15) is 9.59 Å². The first-order chi connectivity index (χ1) is 13.0. The molecule has 0 saturated heterocycles. The maximum atomic E-state index is 11.8. The summed E-state index contributed by atoms with van der Waals surface area (Å²) in [6.45, 7) is 6.32. The predicted molar refractivity (Wildman–Crippen MR) is 99.9 cm³/mol. The van der Waals surface area contributed by atoms with E-state index in [4.69, 9.17) is 4.74 Å². The van der Waals surface area contributed by atoms with Gasteiger partial charge in [-0.2, -0.15) is 0 Å². The summed E-state index contributed by atoms with van der Waals surface area (Å²) in [6, 6.07) is 6.95. The molecule has 0 spiro atoms. The van der Waals surface area contributed by atoms with Crippen molar-refractivity contribution < 1.29 is 29.1 Å². The number of carbonyl (C=O) groups is 2. The normalized spacial score (nSPS) is 19.6. The lowest BCUT2D eigenvalue weighted by molar-refractivity contribution is -0.453. The van der Waals surface area contributed by atoms with E-state index in [0.717, 1.165) is 37.2 Å². The summed E-state index contributed by atoms with van der Waals surface area (Å²) in [6.07, 6.45) is 6.30. The maximum Gasteiger partial charge on any atom is 0.543 e. The summed E-state index contributed by atoms with van der Waals surface area (Å²) in [4.78, 5) is 32.4. The third kappa shape index (κ3) is 7.21. The summed E-state index contributed by atoms with van der Waals surface area (Å²) in [5.41, 5.74) is 1.42. The van der Waals surface area contributed by atoms with E-state index in [1.165, 1.54) is 19.3 Å². The lowest BCUT2D eigenvalue weighted by atomic mass is 9.84. The molecule has 1 saturated carbocycles. The quantitative estimate of drug-likeness (QED) is 0.327. The van der Waals surface area contributed by atoms with E-state index in [2.05, 4.69) is 35.6 Å². The molecule has 150 valence electrons. The van der Waals surface area contributed by atoms with Gasteiger partial charge in [0, 0.05) is 0 Å². The van der Waals surface area contributed by atoms with Gasteiger partial charge in [-0.1, -0.05) is 52.2 Å². The van der Waals surface area contributed by atoms with Crippen molar-refractivity contribution in [2.75, 3.05) is 0 Å². The van der Waals surface area contributed by atoms with Crippen LogP contribution in [-0.4, -0.2) is 18.2 Å². The molecule has 0 aromatic heterocycles. The van der Waals surface area contributed by atoms with Gasteiger partial charge in [-0.15, -0.1) is 0 Å². The molecule has 0 N–H and O–H groups in total. The number of benzene rings is 1. The van der Waals surface area contributed by atoms with E-state index < -0.39 is 12.1 Å². The number of unbranched alkanes of at least 4 members (excludes halogenated alkanes) is 1. The van der Waals surface area contributed by atoms with Gasteiger partial charge >= 0.3 is 12.1 Å². The topological polar surface area (TPSA) is 71.1 Å². The molecule has 1 aromatic carbocycles. The Bertz CT molecular complexity index is 587. The molecule has 1 fully saturated rings. The predicted octanol–water partition coefficient (Wildman–Crippen LogP) is 5.72. The molecule has 1 aliphatic rings. The van der Waals surface area contributed by atoms with E-state index in [-0.39, 0.29) is 6.10 Å². The standard InChI is InChI=1S/C21H30O6/c1-4-5-6-16-7-13-19(14-8-16)24-21(23)26-27-25-20(22)18-11-9-17(10-12-18)15(2)3/h9-12,15-16,19H,4-8,13-14H2,1-3H3. The number of ether oxygens (including phenoxy) is 1. The zero-order valence-corrected chi connectivity index (χ0v) is 16.4. The smallest absolute Gasteiger partial charge is 0.429 e. The minimum absolute atomic E-state index is 0.168. The fourth-order valence-electron chi connectivity index (χ4n) is 3.31. The van der Waals surface area contributed by atoms with Crippen LogP contribution in [0.4, 0.5) is 4.79 Å². The van der Waals surface area contributed by atoms with Crippen molar-refractivity contribution in [2.45, 2.75) is 77.7 Å². The third-order valence-electron chi connectivity index (χ3n) is 5.05. The molecular formula is C21H30O6. The molecule has 0 amide bonds. The zero-order chi connectivity index (χ0) is 19.6. The summed E-state index contributed by atoms with van der Waals surface area (Å²) in [5, 5.41) is 4.28. The van der Waals surface area contributed by atoms with Crippen LogP contribution in [0.25, 0.3) is 0 Å². The molecule has 0 bridgehead atoms. The van der Waals surface area contributed by atoms with Gasteiger partial charge in [0.2, 0.25) is 0 Å². The second-order valence-electron chi connectivity index (χ2n) is 7.45. The van der Waals surface area contributed by atoms with Crippen molar-refractivity contribution in [3.05, 3.63) is 35.4 Å². The Kier molecular flexibility index (Phi) is 8.58. The highest BCUT2D eigenvalue weighted by Gasteiger charge is 2.25. The summed E-state index contributed by atoms with van der Waals surface area (Å²) >= 11 is 0. The van der Waals surface area contributed by atoms with Crippen LogP contribution < -0.4 is 0 Å². The first-order valence-electron chi connectivity index (χ1n) is 9.85. The Labute approximate surface area is 161 Å². The molecule has 0 heterocycles. The van der Waals surface area contributed by atoms with Crippen LogP contribution in [0.5, 0.6) is 0 Å². The van der Waals surface area contributed by atoms with Crippen LogP contribution in [0.15, 0.2) is 24.3 Å². The molecule has 6 nitrogen and oxygen atoms in total. The van der Waals surface area contributed by atoms with Crippen LogP contribution in [0.2, 0.25) is 0 Å². The average molecular weight is 378 g/mol.